The van der Waals surface area contributed by atoms with E-state index in [9.17, 15) is 4.21 Å². The maximum atomic E-state index is 13.4. The molecule has 4 aromatic rings. The topological polar surface area (TPSA) is 75.3 Å². The SMILES string of the molecule is C[C@@H](N[S@@](=O)C(C)(C)C)[C@@H]1O[C@H](COCc2ccccc2)[C@@H](OCc2ccccc2)[C@H](OCc2ccccc2)[C@H]1OCc1ccccc1. The molecule has 0 aliphatic carbocycles. The van der Waals surface area contributed by atoms with Gasteiger partial charge in [-0.3, -0.25) is 0 Å². The van der Waals surface area contributed by atoms with E-state index in [1.807, 2.05) is 149 Å². The lowest BCUT2D eigenvalue weighted by Gasteiger charge is -2.48. The molecule has 0 unspecified atom stereocenters. The molecule has 1 heterocycles. The summed E-state index contributed by atoms with van der Waals surface area (Å²) in [5.74, 6) is 0. The molecule has 48 heavy (non-hydrogen) atoms. The highest BCUT2D eigenvalue weighted by atomic mass is 32.2. The Labute approximate surface area is 288 Å². The van der Waals surface area contributed by atoms with Crippen LogP contribution in [0.15, 0.2) is 121 Å². The van der Waals surface area contributed by atoms with Crippen LogP contribution in [-0.4, -0.2) is 52.1 Å². The lowest BCUT2D eigenvalue weighted by Crippen LogP contribution is -2.65. The molecule has 0 bridgehead atoms. The molecule has 1 N–H and O–H groups in total. The molecule has 7 nitrogen and oxygen atoms in total. The quantitative estimate of drug-likeness (QED) is 0.136. The summed E-state index contributed by atoms with van der Waals surface area (Å²) in [5, 5.41) is 0. The highest BCUT2D eigenvalue weighted by Crippen LogP contribution is 2.33. The molecule has 4 aromatic carbocycles. The molecule has 1 fully saturated rings. The van der Waals surface area contributed by atoms with Crippen LogP contribution in [-0.2, 0) is 61.1 Å². The molecule has 7 atom stereocenters. The van der Waals surface area contributed by atoms with Crippen LogP contribution < -0.4 is 4.72 Å². The van der Waals surface area contributed by atoms with E-state index in [1.54, 1.807) is 0 Å². The van der Waals surface area contributed by atoms with Gasteiger partial charge in [-0.05, 0) is 49.9 Å². The van der Waals surface area contributed by atoms with Crippen LogP contribution in [0.1, 0.15) is 49.9 Å². The van der Waals surface area contributed by atoms with Crippen LogP contribution in [0.3, 0.4) is 0 Å². The van der Waals surface area contributed by atoms with E-state index in [-0.39, 0.29) is 12.6 Å². The van der Waals surface area contributed by atoms with Crippen LogP contribution in [0.2, 0.25) is 0 Å². The van der Waals surface area contributed by atoms with Gasteiger partial charge in [-0.15, -0.1) is 0 Å². The van der Waals surface area contributed by atoms with E-state index in [2.05, 4.69) is 4.72 Å². The van der Waals surface area contributed by atoms with Gasteiger partial charge < -0.3 is 23.7 Å². The van der Waals surface area contributed by atoms with Crippen molar-refractivity contribution in [2.75, 3.05) is 6.61 Å². The summed E-state index contributed by atoms with van der Waals surface area (Å²) in [6.45, 7) is 9.64. The Bertz CT molecular complexity index is 1500. The van der Waals surface area contributed by atoms with Gasteiger partial charge in [-0.1, -0.05) is 121 Å². The number of nitrogens with one attached hydrogen (secondary N) is 1. The number of benzene rings is 4. The Morgan fingerprint density at radius 3 is 1.46 bits per heavy atom. The number of hydrogen-bond acceptors (Lipinski definition) is 6. The first kappa shape index (κ1) is 36.1. The maximum Gasteiger partial charge on any atom is 0.115 e. The van der Waals surface area contributed by atoms with Crippen molar-refractivity contribution in [1.82, 2.24) is 4.72 Å². The normalized spacial score (nSPS) is 22.6. The van der Waals surface area contributed by atoms with Crippen molar-refractivity contribution in [3.63, 3.8) is 0 Å². The zero-order valence-electron chi connectivity index (χ0n) is 28.4. The molecule has 0 aromatic heterocycles. The smallest absolute Gasteiger partial charge is 0.115 e. The molecule has 8 heteroatoms. The Kier molecular flexibility index (Phi) is 13.5. The fraction of sp³-hybridized carbons (Fsp3) is 0.400. The first-order valence-corrected chi connectivity index (χ1v) is 17.8. The maximum absolute atomic E-state index is 13.4. The van der Waals surface area contributed by atoms with Gasteiger partial charge in [0.1, 0.15) is 30.5 Å². The standard InChI is InChI=1S/C40H49NO6S/c1-30(41-48(42)40(2,3)4)36-38(45-27-33-21-13-7-14-22-33)39(46-28-34-23-15-8-16-24-34)37(44-26-32-19-11-6-12-20-32)35(47-36)29-43-25-31-17-9-5-10-18-31/h5-24,30,35-39,41H,25-29H2,1-4H3/t30-,35-,36+,37-,38+,39+,48+/m1/s1. The molecular weight excluding hydrogens is 623 g/mol. The van der Waals surface area contributed by atoms with Gasteiger partial charge >= 0.3 is 0 Å². The average Bonchev–Trinajstić information content (AvgIpc) is 3.10. The lowest BCUT2D eigenvalue weighted by atomic mass is 9.91. The van der Waals surface area contributed by atoms with Crippen LogP contribution in [0.25, 0.3) is 0 Å². The minimum Gasteiger partial charge on any atom is -0.374 e. The number of hydrogen-bond donors (Lipinski definition) is 1. The van der Waals surface area contributed by atoms with Crippen LogP contribution >= 0.6 is 0 Å². The molecule has 1 aliphatic rings. The zero-order valence-corrected chi connectivity index (χ0v) is 29.2. The summed E-state index contributed by atoms with van der Waals surface area (Å²) in [6.07, 6.45) is -2.63. The largest absolute Gasteiger partial charge is 0.374 e. The van der Waals surface area contributed by atoms with Crippen molar-refractivity contribution in [3.05, 3.63) is 144 Å². The number of ether oxygens (including phenoxy) is 5. The van der Waals surface area contributed by atoms with Crippen LogP contribution in [0.4, 0.5) is 0 Å². The van der Waals surface area contributed by atoms with Gasteiger partial charge in [0.15, 0.2) is 0 Å². The Morgan fingerprint density at radius 2 is 1.02 bits per heavy atom. The van der Waals surface area contributed by atoms with Crippen molar-refractivity contribution in [2.45, 2.75) is 95.4 Å². The first-order chi connectivity index (χ1) is 23.3. The van der Waals surface area contributed by atoms with Gasteiger partial charge in [0.2, 0.25) is 0 Å². The van der Waals surface area contributed by atoms with Gasteiger partial charge in [-0.2, -0.15) is 0 Å². The van der Waals surface area contributed by atoms with Crippen molar-refractivity contribution < 1.29 is 27.9 Å². The van der Waals surface area contributed by atoms with Crippen molar-refractivity contribution >= 4 is 11.0 Å². The average molecular weight is 672 g/mol. The van der Waals surface area contributed by atoms with E-state index in [0.29, 0.717) is 26.4 Å². The summed E-state index contributed by atoms with van der Waals surface area (Å²) in [4.78, 5) is 0. The monoisotopic (exact) mass is 671 g/mol. The fourth-order valence-corrected chi connectivity index (χ4v) is 6.47. The highest BCUT2D eigenvalue weighted by Gasteiger charge is 2.50. The summed E-state index contributed by atoms with van der Waals surface area (Å²) in [6, 6.07) is 40.0. The van der Waals surface area contributed by atoms with Crippen LogP contribution in [0.5, 0.6) is 0 Å². The third kappa shape index (κ3) is 10.6. The molecule has 256 valence electrons. The van der Waals surface area contributed by atoms with Gasteiger partial charge in [0.05, 0.1) is 48.8 Å². The Morgan fingerprint density at radius 1 is 0.625 bits per heavy atom. The first-order valence-electron chi connectivity index (χ1n) is 16.7. The predicted molar refractivity (Wildman–Crippen MR) is 190 cm³/mol. The molecule has 0 radical (unpaired) electrons. The fourth-order valence-electron chi connectivity index (χ4n) is 5.64. The van der Waals surface area contributed by atoms with E-state index in [4.69, 9.17) is 23.7 Å². The third-order valence-electron chi connectivity index (χ3n) is 8.26. The summed E-state index contributed by atoms with van der Waals surface area (Å²) in [7, 11) is -1.34. The molecule has 1 aliphatic heterocycles. The van der Waals surface area contributed by atoms with E-state index in [0.717, 1.165) is 22.3 Å². The van der Waals surface area contributed by atoms with Crippen molar-refractivity contribution in [3.8, 4) is 0 Å². The summed E-state index contributed by atoms with van der Waals surface area (Å²) < 4.78 is 49.8. The van der Waals surface area contributed by atoms with Gasteiger partial charge in [-0.25, -0.2) is 8.93 Å². The summed E-state index contributed by atoms with van der Waals surface area (Å²) in [5.41, 5.74) is 4.19. The van der Waals surface area contributed by atoms with E-state index < -0.39 is 46.3 Å². The molecule has 0 saturated carbocycles. The summed E-state index contributed by atoms with van der Waals surface area (Å²) >= 11 is 0. The van der Waals surface area contributed by atoms with Crippen LogP contribution in [0, 0.1) is 0 Å². The molecule has 5 rings (SSSR count). The Balaban J connectivity index is 1.48. The van der Waals surface area contributed by atoms with Crippen molar-refractivity contribution in [2.24, 2.45) is 0 Å². The van der Waals surface area contributed by atoms with E-state index in [1.165, 1.54) is 0 Å². The van der Waals surface area contributed by atoms with Crippen molar-refractivity contribution in [1.29, 1.82) is 0 Å². The highest BCUT2D eigenvalue weighted by molar-refractivity contribution is 7.84. The second-order valence-electron chi connectivity index (χ2n) is 13.2. The van der Waals surface area contributed by atoms with E-state index >= 15 is 0 Å². The Hall–Kier alpha value is -3.21. The second-order valence-corrected chi connectivity index (χ2v) is 15.2. The minimum absolute atomic E-state index is 0.274. The molecule has 1 saturated heterocycles. The lowest BCUT2D eigenvalue weighted by molar-refractivity contribution is -0.275. The third-order valence-corrected chi connectivity index (χ3v) is 9.96. The second kappa shape index (κ2) is 18.0. The minimum atomic E-state index is -1.34. The van der Waals surface area contributed by atoms with Gasteiger partial charge in [0.25, 0.3) is 0 Å². The molecular formula is C40H49NO6S. The molecule has 0 amide bonds. The predicted octanol–water partition coefficient (Wildman–Crippen LogP) is 7.17. The number of rotatable bonds is 16. The van der Waals surface area contributed by atoms with Gasteiger partial charge in [0, 0.05) is 6.04 Å². The zero-order chi connectivity index (χ0) is 33.8. The molecule has 0 spiro atoms.